The summed E-state index contributed by atoms with van der Waals surface area (Å²) in [5.74, 6) is 0. The van der Waals surface area contributed by atoms with Gasteiger partial charge in [0.15, 0.2) is 0 Å². The molecule has 0 aromatic heterocycles. The van der Waals surface area contributed by atoms with E-state index in [4.69, 9.17) is 16.3 Å². The van der Waals surface area contributed by atoms with Gasteiger partial charge in [-0.2, -0.15) is 4.31 Å². The minimum atomic E-state index is -3.44. The summed E-state index contributed by atoms with van der Waals surface area (Å²) in [6.07, 6.45) is 0. The van der Waals surface area contributed by atoms with E-state index in [0.29, 0.717) is 36.2 Å². The highest BCUT2D eigenvalue weighted by molar-refractivity contribution is 7.89. The zero-order valence-electron chi connectivity index (χ0n) is 11.9. The number of rotatable bonds is 3. The SMILES string of the molecule is O=S(=O)(c1ccc(-c2ccc(Cl)cc2)cc1)N1CCOCC1. The van der Waals surface area contributed by atoms with Gasteiger partial charge in [-0.1, -0.05) is 35.9 Å². The first-order valence-corrected chi connectivity index (χ1v) is 8.83. The molecule has 0 saturated carbocycles. The van der Waals surface area contributed by atoms with Crippen LogP contribution in [0.3, 0.4) is 0 Å². The zero-order valence-corrected chi connectivity index (χ0v) is 13.5. The van der Waals surface area contributed by atoms with Crippen molar-refractivity contribution in [2.75, 3.05) is 26.3 Å². The van der Waals surface area contributed by atoms with E-state index in [1.54, 1.807) is 12.1 Å². The monoisotopic (exact) mass is 337 g/mol. The van der Waals surface area contributed by atoms with Crippen LogP contribution in [0.1, 0.15) is 0 Å². The first-order valence-electron chi connectivity index (χ1n) is 7.01. The molecular weight excluding hydrogens is 322 g/mol. The quantitative estimate of drug-likeness (QED) is 0.865. The Bertz CT molecular complexity index is 736. The molecule has 1 aliphatic rings. The molecule has 1 fully saturated rings. The summed E-state index contributed by atoms with van der Waals surface area (Å²) in [7, 11) is -3.44. The molecule has 0 spiro atoms. The second kappa shape index (κ2) is 6.38. The van der Waals surface area contributed by atoms with Gasteiger partial charge >= 0.3 is 0 Å². The number of ether oxygens (including phenoxy) is 1. The number of morpholine rings is 1. The molecule has 0 amide bonds. The van der Waals surface area contributed by atoms with Crippen molar-refractivity contribution in [1.29, 1.82) is 0 Å². The number of halogens is 1. The maximum Gasteiger partial charge on any atom is 0.243 e. The van der Waals surface area contributed by atoms with Crippen LogP contribution in [-0.2, 0) is 14.8 Å². The van der Waals surface area contributed by atoms with Gasteiger partial charge in [0, 0.05) is 18.1 Å². The van der Waals surface area contributed by atoms with Gasteiger partial charge in [-0.25, -0.2) is 8.42 Å². The van der Waals surface area contributed by atoms with Crippen molar-refractivity contribution >= 4 is 21.6 Å². The van der Waals surface area contributed by atoms with E-state index < -0.39 is 10.0 Å². The van der Waals surface area contributed by atoms with Crippen LogP contribution in [-0.4, -0.2) is 39.0 Å². The van der Waals surface area contributed by atoms with Gasteiger partial charge in [-0.15, -0.1) is 0 Å². The van der Waals surface area contributed by atoms with E-state index in [2.05, 4.69) is 0 Å². The van der Waals surface area contributed by atoms with Crippen molar-refractivity contribution in [3.63, 3.8) is 0 Å². The van der Waals surface area contributed by atoms with E-state index in [1.165, 1.54) is 4.31 Å². The smallest absolute Gasteiger partial charge is 0.243 e. The molecule has 4 nitrogen and oxygen atoms in total. The largest absolute Gasteiger partial charge is 0.379 e. The molecule has 0 unspecified atom stereocenters. The minimum Gasteiger partial charge on any atom is -0.379 e. The highest BCUT2D eigenvalue weighted by Gasteiger charge is 2.26. The van der Waals surface area contributed by atoms with Gasteiger partial charge in [-0.05, 0) is 35.4 Å². The Balaban J connectivity index is 1.86. The highest BCUT2D eigenvalue weighted by atomic mass is 35.5. The number of benzene rings is 2. The van der Waals surface area contributed by atoms with E-state index in [1.807, 2.05) is 36.4 Å². The molecule has 2 aromatic carbocycles. The predicted molar refractivity (Wildman–Crippen MR) is 86.5 cm³/mol. The van der Waals surface area contributed by atoms with Gasteiger partial charge < -0.3 is 4.74 Å². The van der Waals surface area contributed by atoms with Crippen molar-refractivity contribution in [3.8, 4) is 11.1 Å². The number of nitrogens with zero attached hydrogens (tertiary/aromatic N) is 1. The normalized spacial score (nSPS) is 16.6. The van der Waals surface area contributed by atoms with Crippen LogP contribution in [0.15, 0.2) is 53.4 Å². The molecule has 3 rings (SSSR count). The molecule has 2 aromatic rings. The Morgan fingerprint density at radius 2 is 1.36 bits per heavy atom. The third kappa shape index (κ3) is 3.17. The Morgan fingerprint density at radius 1 is 0.864 bits per heavy atom. The minimum absolute atomic E-state index is 0.312. The Labute approximate surface area is 135 Å². The summed E-state index contributed by atoms with van der Waals surface area (Å²) in [6.45, 7) is 1.70. The van der Waals surface area contributed by atoms with Gasteiger partial charge in [0.25, 0.3) is 0 Å². The summed E-state index contributed by atoms with van der Waals surface area (Å²) in [5, 5.41) is 0.676. The van der Waals surface area contributed by atoms with Crippen LogP contribution >= 0.6 is 11.6 Å². The molecule has 0 aliphatic carbocycles. The van der Waals surface area contributed by atoms with Gasteiger partial charge in [0.1, 0.15) is 0 Å². The molecule has 1 heterocycles. The van der Waals surface area contributed by atoms with Crippen LogP contribution in [0.2, 0.25) is 5.02 Å². The molecule has 6 heteroatoms. The molecule has 0 N–H and O–H groups in total. The lowest BCUT2D eigenvalue weighted by molar-refractivity contribution is 0.0730. The lowest BCUT2D eigenvalue weighted by Gasteiger charge is -2.26. The van der Waals surface area contributed by atoms with Crippen LogP contribution in [0.25, 0.3) is 11.1 Å². The first-order chi connectivity index (χ1) is 10.6. The van der Waals surface area contributed by atoms with Crippen LogP contribution in [0.4, 0.5) is 0 Å². The van der Waals surface area contributed by atoms with E-state index >= 15 is 0 Å². The second-order valence-electron chi connectivity index (χ2n) is 5.05. The molecule has 1 aliphatic heterocycles. The fourth-order valence-electron chi connectivity index (χ4n) is 2.40. The van der Waals surface area contributed by atoms with Gasteiger partial charge in [0.05, 0.1) is 18.1 Å². The number of hydrogen-bond acceptors (Lipinski definition) is 3. The average Bonchev–Trinajstić information content (AvgIpc) is 2.56. The zero-order chi connectivity index (χ0) is 15.6. The second-order valence-corrected chi connectivity index (χ2v) is 7.42. The summed E-state index contributed by atoms with van der Waals surface area (Å²) < 4.78 is 31.7. The predicted octanol–water partition coefficient (Wildman–Crippen LogP) is 3.03. The molecule has 0 bridgehead atoms. The molecule has 1 saturated heterocycles. The van der Waals surface area contributed by atoms with E-state index in [-0.39, 0.29) is 0 Å². The topological polar surface area (TPSA) is 46.6 Å². The third-order valence-corrected chi connectivity index (χ3v) is 5.80. The van der Waals surface area contributed by atoms with E-state index in [0.717, 1.165) is 11.1 Å². The van der Waals surface area contributed by atoms with Gasteiger partial charge in [-0.3, -0.25) is 0 Å². The third-order valence-electron chi connectivity index (χ3n) is 3.64. The molecule has 0 radical (unpaired) electrons. The van der Waals surface area contributed by atoms with Crippen molar-refractivity contribution in [2.45, 2.75) is 4.90 Å². The maximum atomic E-state index is 12.5. The molecule has 116 valence electrons. The number of hydrogen-bond donors (Lipinski definition) is 0. The van der Waals surface area contributed by atoms with Crippen LogP contribution in [0.5, 0.6) is 0 Å². The summed E-state index contributed by atoms with van der Waals surface area (Å²) in [4.78, 5) is 0.312. The first kappa shape index (κ1) is 15.5. The summed E-state index contributed by atoms with van der Waals surface area (Å²) >= 11 is 5.88. The fraction of sp³-hybridized carbons (Fsp3) is 0.250. The Kier molecular flexibility index (Phi) is 4.49. The van der Waals surface area contributed by atoms with Gasteiger partial charge in [0.2, 0.25) is 10.0 Å². The molecular formula is C16H16ClNO3S. The van der Waals surface area contributed by atoms with E-state index in [9.17, 15) is 8.42 Å². The standard InChI is InChI=1S/C16H16ClNO3S/c17-15-5-1-13(2-6-15)14-3-7-16(8-4-14)22(19,20)18-9-11-21-12-10-18/h1-8H,9-12H2. The lowest BCUT2D eigenvalue weighted by Crippen LogP contribution is -2.40. The maximum absolute atomic E-state index is 12.5. The van der Waals surface area contributed by atoms with Crippen molar-refractivity contribution in [2.24, 2.45) is 0 Å². The Morgan fingerprint density at radius 3 is 1.91 bits per heavy atom. The summed E-state index contributed by atoms with van der Waals surface area (Å²) in [5.41, 5.74) is 1.96. The van der Waals surface area contributed by atoms with Crippen molar-refractivity contribution in [3.05, 3.63) is 53.6 Å². The molecule has 0 atom stereocenters. The van der Waals surface area contributed by atoms with Crippen LogP contribution in [0, 0.1) is 0 Å². The average molecular weight is 338 g/mol. The van der Waals surface area contributed by atoms with Crippen molar-refractivity contribution < 1.29 is 13.2 Å². The highest BCUT2D eigenvalue weighted by Crippen LogP contribution is 2.24. The molecule has 22 heavy (non-hydrogen) atoms. The Hall–Kier alpha value is -1.40. The van der Waals surface area contributed by atoms with Crippen molar-refractivity contribution in [1.82, 2.24) is 4.31 Å². The fourth-order valence-corrected chi connectivity index (χ4v) is 3.93. The summed E-state index contributed by atoms with van der Waals surface area (Å²) in [6, 6.07) is 14.4. The van der Waals surface area contributed by atoms with Crippen LogP contribution < -0.4 is 0 Å². The number of sulfonamides is 1. The lowest BCUT2D eigenvalue weighted by atomic mass is 10.1.